The second-order valence-electron chi connectivity index (χ2n) is 18.2. The summed E-state index contributed by atoms with van der Waals surface area (Å²) in [4.78, 5) is 10.5. The molecule has 2 aliphatic heterocycles. The number of hydrogen-bond acceptors (Lipinski definition) is 3. The van der Waals surface area contributed by atoms with Crippen LogP contribution in [0, 0.1) is 13.8 Å². The van der Waals surface area contributed by atoms with Gasteiger partial charge >= 0.3 is 0 Å². The third-order valence-electron chi connectivity index (χ3n) is 12.3. The van der Waals surface area contributed by atoms with Crippen LogP contribution in [0.5, 0.6) is 0 Å². The average Bonchev–Trinajstić information content (AvgIpc) is 3.59. The first-order valence-corrected chi connectivity index (χ1v) is 20.6. The number of rotatable bonds is 5. The van der Waals surface area contributed by atoms with Crippen molar-refractivity contribution in [1.82, 2.24) is 9.55 Å². The molecule has 2 aliphatic rings. The minimum absolute atomic E-state index is 0.00191. The van der Waals surface area contributed by atoms with E-state index in [2.05, 4.69) is 221 Å². The first-order valence-electron chi connectivity index (χ1n) is 20.6. The molecule has 0 aliphatic carbocycles. The molecule has 0 saturated heterocycles. The van der Waals surface area contributed by atoms with Gasteiger partial charge in [-0.05, 0) is 130 Å². The first kappa shape index (κ1) is 36.0. The molecule has 0 bridgehead atoms. The summed E-state index contributed by atoms with van der Waals surface area (Å²) in [6, 6.07) is 56.1. The molecule has 10 rings (SSSR count). The molecule has 1 aromatic heterocycles. The van der Waals surface area contributed by atoms with Crippen LogP contribution in [0.1, 0.15) is 63.8 Å². The molecule has 0 atom stereocenters. The Kier molecular flexibility index (Phi) is 8.15. The first-order chi connectivity index (χ1) is 27.9. The SMILES string of the molecule is Cc1cccc(C)c1-c1nc2cc(C(C)(C)C)cc3c2n1-c1cccc2c1B3c1ccc(N(c3ccccc3)c3ccccc3)cc1N2c1ccc(C(C)(C)C)cc1. The van der Waals surface area contributed by atoms with Crippen molar-refractivity contribution < 1.29 is 0 Å². The molecule has 0 unspecified atom stereocenters. The van der Waals surface area contributed by atoms with Crippen LogP contribution in [0.25, 0.3) is 28.1 Å². The zero-order valence-electron chi connectivity index (χ0n) is 34.8. The van der Waals surface area contributed by atoms with Gasteiger partial charge in [-0.1, -0.05) is 126 Å². The van der Waals surface area contributed by atoms with E-state index in [1.165, 1.54) is 66.8 Å². The van der Waals surface area contributed by atoms with Gasteiger partial charge in [-0.2, -0.15) is 0 Å². The number of para-hydroxylation sites is 2. The molecule has 0 amide bonds. The maximum Gasteiger partial charge on any atom is 0.252 e. The predicted molar refractivity (Wildman–Crippen MR) is 247 cm³/mol. The number of imidazole rings is 1. The van der Waals surface area contributed by atoms with Crippen LogP contribution in [-0.4, -0.2) is 16.3 Å². The minimum Gasteiger partial charge on any atom is -0.311 e. The Morgan fingerprint density at radius 3 is 1.74 bits per heavy atom. The number of benzene rings is 7. The largest absolute Gasteiger partial charge is 0.311 e. The van der Waals surface area contributed by atoms with Crippen molar-refractivity contribution in [3.8, 4) is 17.1 Å². The van der Waals surface area contributed by atoms with Crippen molar-refractivity contribution in [1.29, 1.82) is 0 Å². The molecule has 0 spiro atoms. The highest BCUT2D eigenvalue weighted by molar-refractivity contribution is 7.00. The van der Waals surface area contributed by atoms with E-state index in [1.54, 1.807) is 0 Å². The Hall–Kier alpha value is -6.33. The van der Waals surface area contributed by atoms with Crippen LogP contribution in [0.4, 0.5) is 34.1 Å². The van der Waals surface area contributed by atoms with Gasteiger partial charge in [-0.3, -0.25) is 4.57 Å². The molecule has 0 radical (unpaired) electrons. The second-order valence-corrected chi connectivity index (χ2v) is 18.2. The Balaban J connectivity index is 1.30. The fourth-order valence-electron chi connectivity index (χ4n) is 9.40. The molecule has 5 heteroatoms. The third kappa shape index (κ3) is 5.62. The monoisotopic (exact) mass is 752 g/mol. The standard InChI is InChI=1S/C53H49BN4/c1-34-17-15-18-35(2)48(34)51-55-44-32-37(53(6,7)8)31-43-50(44)58(51)46-24-16-23-45-49(46)54(43)42-30-29-41(56(38-19-11-9-12-20-38)39-21-13-10-14-22-39)33-47(42)57(45)40-27-25-36(26-28-40)52(3,4)5/h9-33H,1-8H3. The fourth-order valence-corrected chi connectivity index (χ4v) is 9.40. The van der Waals surface area contributed by atoms with Gasteiger partial charge in [0.25, 0.3) is 6.71 Å². The van der Waals surface area contributed by atoms with E-state index in [-0.39, 0.29) is 17.5 Å². The summed E-state index contributed by atoms with van der Waals surface area (Å²) >= 11 is 0. The minimum atomic E-state index is -0.0684. The molecule has 3 heterocycles. The fraction of sp³-hybridized carbons (Fsp3) is 0.189. The Bertz CT molecular complexity index is 2820. The number of nitrogens with zero attached hydrogens (tertiary/aromatic N) is 4. The molecular formula is C53H49BN4. The lowest BCUT2D eigenvalue weighted by Gasteiger charge is -2.41. The topological polar surface area (TPSA) is 24.3 Å². The smallest absolute Gasteiger partial charge is 0.252 e. The third-order valence-corrected chi connectivity index (χ3v) is 12.3. The zero-order valence-corrected chi connectivity index (χ0v) is 34.8. The van der Waals surface area contributed by atoms with E-state index in [0.717, 1.165) is 34.1 Å². The zero-order chi connectivity index (χ0) is 40.1. The van der Waals surface area contributed by atoms with E-state index < -0.39 is 0 Å². The summed E-state index contributed by atoms with van der Waals surface area (Å²) < 4.78 is 2.48. The van der Waals surface area contributed by atoms with Gasteiger partial charge in [0, 0.05) is 45.4 Å². The van der Waals surface area contributed by atoms with Gasteiger partial charge in [-0.15, -0.1) is 0 Å². The van der Waals surface area contributed by atoms with Crippen LogP contribution in [0.2, 0.25) is 0 Å². The molecule has 0 N–H and O–H groups in total. The highest BCUT2D eigenvalue weighted by Crippen LogP contribution is 2.45. The van der Waals surface area contributed by atoms with E-state index in [9.17, 15) is 0 Å². The van der Waals surface area contributed by atoms with E-state index in [4.69, 9.17) is 4.98 Å². The number of aromatic nitrogens is 2. The maximum absolute atomic E-state index is 5.58. The van der Waals surface area contributed by atoms with Gasteiger partial charge in [0.05, 0.1) is 11.0 Å². The van der Waals surface area contributed by atoms with Crippen molar-refractivity contribution >= 4 is 68.3 Å². The summed E-state index contributed by atoms with van der Waals surface area (Å²) in [5, 5.41) is 0. The molecule has 4 nitrogen and oxygen atoms in total. The molecule has 0 saturated carbocycles. The molecule has 58 heavy (non-hydrogen) atoms. The number of aryl methyl sites for hydroxylation is 2. The number of anilines is 6. The van der Waals surface area contributed by atoms with Crippen LogP contribution in [-0.2, 0) is 10.8 Å². The van der Waals surface area contributed by atoms with E-state index in [0.29, 0.717) is 0 Å². The van der Waals surface area contributed by atoms with E-state index >= 15 is 0 Å². The Morgan fingerprint density at radius 2 is 1.12 bits per heavy atom. The van der Waals surface area contributed by atoms with Crippen molar-refractivity contribution in [2.75, 3.05) is 9.80 Å². The summed E-state index contributed by atoms with van der Waals surface area (Å²) in [6.07, 6.45) is 0. The number of fused-ring (bicyclic) bond motifs is 4. The Labute approximate surface area is 343 Å². The van der Waals surface area contributed by atoms with Crippen molar-refractivity contribution in [2.24, 2.45) is 0 Å². The van der Waals surface area contributed by atoms with Gasteiger partial charge < -0.3 is 9.80 Å². The average molecular weight is 753 g/mol. The van der Waals surface area contributed by atoms with Crippen molar-refractivity contribution in [3.05, 3.63) is 174 Å². The summed E-state index contributed by atoms with van der Waals surface area (Å²) in [7, 11) is 0. The molecule has 8 aromatic rings. The van der Waals surface area contributed by atoms with Gasteiger partial charge in [-0.25, -0.2) is 4.98 Å². The lowest BCUT2D eigenvalue weighted by atomic mass is 9.33. The second kappa shape index (κ2) is 13.1. The molecule has 284 valence electrons. The maximum atomic E-state index is 5.58. The van der Waals surface area contributed by atoms with Crippen molar-refractivity contribution in [2.45, 2.75) is 66.2 Å². The van der Waals surface area contributed by atoms with Crippen LogP contribution < -0.4 is 26.2 Å². The van der Waals surface area contributed by atoms with Gasteiger partial charge in [0.1, 0.15) is 5.82 Å². The summed E-state index contributed by atoms with van der Waals surface area (Å²) in [6.45, 7) is 18.2. The Morgan fingerprint density at radius 1 is 0.517 bits per heavy atom. The van der Waals surface area contributed by atoms with Gasteiger partial charge in [0.2, 0.25) is 0 Å². The van der Waals surface area contributed by atoms with E-state index in [1.807, 2.05) is 0 Å². The quantitative estimate of drug-likeness (QED) is 0.164. The molecular weight excluding hydrogens is 703 g/mol. The highest BCUT2D eigenvalue weighted by atomic mass is 15.2. The summed E-state index contributed by atoms with van der Waals surface area (Å²) in [5.41, 5.74) is 20.5. The summed E-state index contributed by atoms with van der Waals surface area (Å²) in [5.74, 6) is 1.01. The van der Waals surface area contributed by atoms with Crippen LogP contribution >= 0.6 is 0 Å². The lowest BCUT2D eigenvalue weighted by Crippen LogP contribution is -2.60. The predicted octanol–water partition coefficient (Wildman–Crippen LogP) is 12.0. The highest BCUT2D eigenvalue weighted by Gasteiger charge is 2.43. The van der Waals surface area contributed by atoms with Gasteiger partial charge in [0.15, 0.2) is 0 Å². The lowest BCUT2D eigenvalue weighted by molar-refractivity contribution is 0.590. The van der Waals surface area contributed by atoms with Crippen molar-refractivity contribution in [3.63, 3.8) is 0 Å². The normalized spacial score (nSPS) is 13.1. The number of hydrogen-bond donors (Lipinski definition) is 0. The molecule has 0 fully saturated rings. The van der Waals surface area contributed by atoms with Crippen LogP contribution in [0.3, 0.4) is 0 Å². The molecule has 7 aromatic carbocycles. The van der Waals surface area contributed by atoms with Crippen LogP contribution in [0.15, 0.2) is 152 Å².